The van der Waals surface area contributed by atoms with Crippen molar-refractivity contribution in [1.82, 2.24) is 14.5 Å². The molecule has 3 nitrogen and oxygen atoms in total. The lowest BCUT2D eigenvalue weighted by Gasteiger charge is -2.10. The van der Waals surface area contributed by atoms with Crippen molar-refractivity contribution in [2.75, 3.05) is 0 Å². The van der Waals surface area contributed by atoms with E-state index in [1.165, 1.54) is 5.39 Å². The molecule has 2 aromatic carbocycles. The van der Waals surface area contributed by atoms with Crippen molar-refractivity contribution in [3.05, 3.63) is 79.4 Å². The van der Waals surface area contributed by atoms with Gasteiger partial charge in [-0.15, -0.1) is 0 Å². The van der Waals surface area contributed by atoms with Crippen molar-refractivity contribution in [3.63, 3.8) is 0 Å². The summed E-state index contributed by atoms with van der Waals surface area (Å²) in [5.41, 5.74) is 2.09. The largest absolute Gasteiger partial charge is 0.290 e. The molecule has 0 aliphatic rings. The van der Waals surface area contributed by atoms with Crippen LogP contribution in [0.15, 0.2) is 79.4 Å². The van der Waals surface area contributed by atoms with E-state index >= 15 is 0 Å². The van der Waals surface area contributed by atoms with Gasteiger partial charge in [-0.05, 0) is 11.5 Å². The molecule has 0 fully saturated rings. The predicted molar refractivity (Wildman–Crippen MR) is 84.3 cm³/mol. The summed E-state index contributed by atoms with van der Waals surface area (Å²) in [6.07, 6.45) is 5.47. The van der Waals surface area contributed by atoms with Gasteiger partial charge in [0.25, 0.3) is 0 Å². The summed E-state index contributed by atoms with van der Waals surface area (Å²) in [6, 6.07) is 20.7. The van der Waals surface area contributed by atoms with Gasteiger partial charge in [0.15, 0.2) is 0 Å². The maximum absolute atomic E-state index is 4.84. The molecular formula is C18H13N3. The third-order valence-electron chi connectivity index (χ3n) is 3.54. The van der Waals surface area contributed by atoms with E-state index in [1.807, 2.05) is 35.0 Å². The Kier molecular flexibility index (Phi) is 2.75. The molecule has 21 heavy (non-hydrogen) atoms. The number of aromatic nitrogens is 3. The number of fused-ring (bicyclic) bond motifs is 1. The van der Waals surface area contributed by atoms with Gasteiger partial charge in [0.2, 0.25) is 0 Å². The topological polar surface area (TPSA) is 30.7 Å². The molecule has 0 radical (unpaired) electrons. The number of hydrogen-bond donors (Lipinski definition) is 0. The summed E-state index contributed by atoms with van der Waals surface area (Å²) in [7, 11) is 0. The lowest BCUT2D eigenvalue weighted by molar-refractivity contribution is 1.01. The Morgan fingerprint density at radius 2 is 1.67 bits per heavy atom. The number of rotatable bonds is 2. The Labute approximate surface area is 122 Å². The maximum Gasteiger partial charge on any atom is 0.146 e. The normalized spacial score (nSPS) is 10.9. The quantitative estimate of drug-likeness (QED) is 0.550. The molecule has 0 saturated heterocycles. The Bertz CT molecular complexity index is 881. The lowest BCUT2D eigenvalue weighted by Crippen LogP contribution is -1.98. The SMILES string of the molecule is c1ccc(-c2cc3ccccc3c(-n3ccnc3)n2)cc1. The Balaban J connectivity index is 2.03. The molecule has 4 aromatic rings. The van der Waals surface area contributed by atoms with E-state index in [9.17, 15) is 0 Å². The molecule has 0 amide bonds. The van der Waals surface area contributed by atoms with Crippen LogP contribution in [0.2, 0.25) is 0 Å². The van der Waals surface area contributed by atoms with Crippen LogP contribution in [0.3, 0.4) is 0 Å². The fourth-order valence-corrected chi connectivity index (χ4v) is 2.52. The minimum absolute atomic E-state index is 0.907. The first-order valence-corrected chi connectivity index (χ1v) is 6.85. The monoisotopic (exact) mass is 271 g/mol. The van der Waals surface area contributed by atoms with Crippen LogP contribution in [0, 0.1) is 0 Å². The summed E-state index contributed by atoms with van der Waals surface area (Å²) in [6.45, 7) is 0. The first-order valence-electron chi connectivity index (χ1n) is 6.85. The van der Waals surface area contributed by atoms with E-state index in [2.05, 4.69) is 41.4 Å². The van der Waals surface area contributed by atoms with Crippen LogP contribution in [0.5, 0.6) is 0 Å². The molecule has 100 valence electrons. The van der Waals surface area contributed by atoms with Gasteiger partial charge >= 0.3 is 0 Å². The molecule has 3 heteroatoms. The number of benzene rings is 2. The van der Waals surface area contributed by atoms with Crippen molar-refractivity contribution in [3.8, 4) is 17.1 Å². The predicted octanol–water partition coefficient (Wildman–Crippen LogP) is 4.09. The van der Waals surface area contributed by atoms with Crippen molar-refractivity contribution in [2.24, 2.45) is 0 Å². The number of pyridine rings is 1. The standard InChI is InChI=1S/C18H13N3/c1-2-6-14(7-3-1)17-12-15-8-4-5-9-16(15)18(20-17)21-11-10-19-13-21/h1-13H. The third kappa shape index (κ3) is 2.09. The first-order chi connectivity index (χ1) is 10.4. The zero-order valence-corrected chi connectivity index (χ0v) is 11.3. The molecular weight excluding hydrogens is 258 g/mol. The second kappa shape index (κ2) is 4.87. The molecule has 0 bridgehead atoms. The molecule has 2 heterocycles. The van der Waals surface area contributed by atoms with Crippen molar-refractivity contribution in [2.45, 2.75) is 0 Å². The first kappa shape index (κ1) is 11.9. The Morgan fingerprint density at radius 1 is 0.857 bits per heavy atom. The highest BCUT2D eigenvalue weighted by atomic mass is 15.1. The van der Waals surface area contributed by atoms with Crippen molar-refractivity contribution < 1.29 is 0 Å². The van der Waals surface area contributed by atoms with Gasteiger partial charge in [-0.3, -0.25) is 4.57 Å². The molecule has 0 unspecified atom stereocenters. The van der Waals surface area contributed by atoms with Crippen LogP contribution in [-0.2, 0) is 0 Å². The third-order valence-corrected chi connectivity index (χ3v) is 3.54. The minimum atomic E-state index is 0.907. The van der Waals surface area contributed by atoms with E-state index in [0.29, 0.717) is 0 Å². The Morgan fingerprint density at radius 3 is 2.48 bits per heavy atom. The van der Waals surface area contributed by atoms with E-state index < -0.39 is 0 Å². The van der Waals surface area contributed by atoms with E-state index in [0.717, 1.165) is 22.5 Å². The molecule has 0 N–H and O–H groups in total. The second-order valence-corrected chi connectivity index (χ2v) is 4.89. The van der Waals surface area contributed by atoms with Gasteiger partial charge < -0.3 is 0 Å². The average molecular weight is 271 g/mol. The zero-order valence-electron chi connectivity index (χ0n) is 11.3. The van der Waals surface area contributed by atoms with Crippen molar-refractivity contribution in [1.29, 1.82) is 0 Å². The van der Waals surface area contributed by atoms with Crippen LogP contribution >= 0.6 is 0 Å². The smallest absolute Gasteiger partial charge is 0.146 e. The highest BCUT2D eigenvalue weighted by Crippen LogP contribution is 2.26. The van der Waals surface area contributed by atoms with Gasteiger partial charge in [-0.1, -0.05) is 54.6 Å². The highest BCUT2D eigenvalue weighted by Gasteiger charge is 2.08. The number of hydrogen-bond acceptors (Lipinski definition) is 2. The molecule has 0 aliphatic carbocycles. The van der Waals surface area contributed by atoms with Gasteiger partial charge in [0.1, 0.15) is 12.1 Å². The van der Waals surface area contributed by atoms with E-state index in [1.54, 1.807) is 12.5 Å². The van der Waals surface area contributed by atoms with E-state index in [-0.39, 0.29) is 0 Å². The molecule has 4 rings (SSSR count). The van der Waals surface area contributed by atoms with Gasteiger partial charge in [-0.25, -0.2) is 9.97 Å². The molecule has 0 aliphatic heterocycles. The summed E-state index contributed by atoms with van der Waals surface area (Å²) in [5, 5.41) is 2.30. The summed E-state index contributed by atoms with van der Waals surface area (Å²) >= 11 is 0. The zero-order chi connectivity index (χ0) is 14.1. The fraction of sp³-hybridized carbons (Fsp3) is 0. The average Bonchev–Trinajstić information content (AvgIpc) is 3.09. The minimum Gasteiger partial charge on any atom is -0.290 e. The molecule has 0 atom stereocenters. The molecule has 0 saturated carbocycles. The molecule has 0 spiro atoms. The van der Waals surface area contributed by atoms with Crippen LogP contribution in [-0.4, -0.2) is 14.5 Å². The van der Waals surface area contributed by atoms with Gasteiger partial charge in [0.05, 0.1) is 5.69 Å². The summed E-state index contributed by atoms with van der Waals surface area (Å²) in [4.78, 5) is 8.97. The summed E-state index contributed by atoms with van der Waals surface area (Å²) in [5.74, 6) is 0.907. The molecule has 2 aromatic heterocycles. The van der Waals surface area contributed by atoms with Crippen LogP contribution < -0.4 is 0 Å². The Hall–Kier alpha value is -2.94. The number of nitrogens with zero attached hydrogens (tertiary/aromatic N) is 3. The maximum atomic E-state index is 4.84. The van der Waals surface area contributed by atoms with Crippen LogP contribution in [0.25, 0.3) is 27.8 Å². The number of imidazole rings is 1. The van der Waals surface area contributed by atoms with Gasteiger partial charge in [0, 0.05) is 23.3 Å². The van der Waals surface area contributed by atoms with Gasteiger partial charge in [-0.2, -0.15) is 0 Å². The van der Waals surface area contributed by atoms with Crippen LogP contribution in [0.1, 0.15) is 0 Å². The van der Waals surface area contributed by atoms with Crippen molar-refractivity contribution >= 4 is 10.8 Å². The van der Waals surface area contributed by atoms with Crippen LogP contribution in [0.4, 0.5) is 0 Å². The van der Waals surface area contributed by atoms with E-state index in [4.69, 9.17) is 4.98 Å². The lowest BCUT2D eigenvalue weighted by atomic mass is 10.1. The fourth-order valence-electron chi connectivity index (χ4n) is 2.52. The summed E-state index contributed by atoms with van der Waals surface area (Å²) < 4.78 is 1.95. The highest BCUT2D eigenvalue weighted by molar-refractivity contribution is 5.91. The second-order valence-electron chi connectivity index (χ2n) is 4.89.